The van der Waals surface area contributed by atoms with Crippen molar-refractivity contribution in [2.24, 2.45) is 0 Å². The van der Waals surface area contributed by atoms with E-state index < -0.39 is 6.04 Å². The van der Waals surface area contributed by atoms with Gasteiger partial charge in [0, 0.05) is 17.3 Å². The van der Waals surface area contributed by atoms with E-state index in [1.807, 2.05) is 31.2 Å². The Balaban J connectivity index is 1.85. The number of hydrogen-bond donors (Lipinski definition) is 1. The number of ether oxygens (including phenoxy) is 1. The Morgan fingerprint density at radius 1 is 1.14 bits per heavy atom. The first-order valence-electron chi connectivity index (χ1n) is 8.70. The molecule has 0 aliphatic heterocycles. The number of benzene rings is 2. The highest BCUT2D eigenvalue weighted by molar-refractivity contribution is 6.32. The number of rotatable bonds is 5. The van der Waals surface area contributed by atoms with Gasteiger partial charge < -0.3 is 10.1 Å². The molecule has 0 saturated carbocycles. The molecule has 1 aromatic heterocycles. The predicted octanol–water partition coefficient (Wildman–Crippen LogP) is 4.08. The highest BCUT2D eigenvalue weighted by Gasteiger charge is 2.18. The summed E-state index contributed by atoms with van der Waals surface area (Å²) in [4.78, 5) is 24.9. The zero-order chi connectivity index (χ0) is 20.3. The molecule has 0 saturated heterocycles. The Hall–Kier alpha value is -3.12. The summed E-state index contributed by atoms with van der Waals surface area (Å²) < 4.78 is 6.28. The van der Waals surface area contributed by atoms with Crippen LogP contribution in [0.15, 0.2) is 59.4 Å². The normalized spacial score (nSPS) is 11.7. The van der Waals surface area contributed by atoms with Crippen molar-refractivity contribution in [2.45, 2.75) is 19.9 Å². The number of carbonyl (C=O) groups is 1. The van der Waals surface area contributed by atoms with Crippen LogP contribution in [0.3, 0.4) is 0 Å². The van der Waals surface area contributed by atoms with Crippen LogP contribution in [0, 0.1) is 6.92 Å². The fraction of sp³-hybridized carbons (Fsp3) is 0.190. The number of hydrogen-bond acceptors (Lipinski definition) is 4. The van der Waals surface area contributed by atoms with Crippen LogP contribution in [-0.4, -0.2) is 22.8 Å². The Morgan fingerprint density at radius 2 is 1.86 bits per heavy atom. The van der Waals surface area contributed by atoms with E-state index >= 15 is 0 Å². The zero-order valence-corrected chi connectivity index (χ0v) is 16.5. The van der Waals surface area contributed by atoms with Crippen molar-refractivity contribution in [1.82, 2.24) is 9.78 Å². The van der Waals surface area contributed by atoms with Crippen LogP contribution in [-0.2, 0) is 4.79 Å². The second kappa shape index (κ2) is 8.27. The molecule has 6 nitrogen and oxygen atoms in total. The van der Waals surface area contributed by atoms with Gasteiger partial charge in [-0.1, -0.05) is 41.4 Å². The van der Waals surface area contributed by atoms with E-state index in [4.69, 9.17) is 16.3 Å². The van der Waals surface area contributed by atoms with Gasteiger partial charge in [0.15, 0.2) is 0 Å². The number of halogens is 1. The summed E-state index contributed by atoms with van der Waals surface area (Å²) in [5.74, 6) is 0.133. The third kappa shape index (κ3) is 4.23. The summed E-state index contributed by atoms with van der Waals surface area (Å²) in [6.07, 6.45) is 0. The molecule has 0 radical (unpaired) electrons. The summed E-state index contributed by atoms with van der Waals surface area (Å²) in [7, 11) is 1.51. The summed E-state index contributed by atoms with van der Waals surface area (Å²) >= 11 is 6.09. The molecule has 2 aromatic carbocycles. The highest BCUT2D eigenvalue weighted by Crippen LogP contribution is 2.27. The van der Waals surface area contributed by atoms with Gasteiger partial charge >= 0.3 is 0 Å². The zero-order valence-electron chi connectivity index (χ0n) is 15.8. The number of anilines is 1. The summed E-state index contributed by atoms with van der Waals surface area (Å²) in [5.41, 5.74) is 2.76. The maximum absolute atomic E-state index is 12.6. The number of nitrogens with one attached hydrogen (secondary N) is 1. The second-order valence-electron chi connectivity index (χ2n) is 6.38. The Labute approximate surface area is 167 Å². The molecule has 0 fully saturated rings. The van der Waals surface area contributed by atoms with Gasteiger partial charge in [0.1, 0.15) is 11.8 Å². The quantitative estimate of drug-likeness (QED) is 0.704. The summed E-state index contributed by atoms with van der Waals surface area (Å²) in [6.45, 7) is 3.61. The van der Waals surface area contributed by atoms with Crippen LogP contribution in [0.4, 0.5) is 5.69 Å². The number of aromatic nitrogens is 2. The molecule has 1 amide bonds. The minimum absolute atomic E-state index is 0.355. The van der Waals surface area contributed by atoms with Gasteiger partial charge in [-0.25, -0.2) is 4.68 Å². The van der Waals surface area contributed by atoms with Crippen molar-refractivity contribution in [3.05, 3.63) is 75.5 Å². The maximum Gasteiger partial charge on any atom is 0.267 e. The lowest BCUT2D eigenvalue weighted by Gasteiger charge is -2.15. The molecule has 7 heteroatoms. The third-order valence-corrected chi connectivity index (χ3v) is 4.63. The van der Waals surface area contributed by atoms with E-state index in [0.717, 1.165) is 11.1 Å². The molecule has 1 heterocycles. The SMILES string of the molecule is COc1ccc(NC(=O)C(C)n2nc(-c3ccc(C)cc3)ccc2=O)cc1Cl. The van der Waals surface area contributed by atoms with Gasteiger partial charge in [0.05, 0.1) is 17.8 Å². The van der Waals surface area contributed by atoms with Crippen molar-refractivity contribution in [3.8, 4) is 17.0 Å². The van der Waals surface area contributed by atoms with E-state index in [2.05, 4.69) is 10.4 Å². The molecule has 1 N–H and O–H groups in total. The number of aryl methyl sites for hydroxylation is 1. The lowest BCUT2D eigenvalue weighted by atomic mass is 10.1. The van der Waals surface area contributed by atoms with E-state index in [1.165, 1.54) is 17.9 Å². The summed E-state index contributed by atoms with van der Waals surface area (Å²) in [6, 6.07) is 15.0. The van der Waals surface area contributed by atoms with E-state index in [9.17, 15) is 9.59 Å². The van der Waals surface area contributed by atoms with Gasteiger partial charge in [-0.05, 0) is 38.1 Å². The fourth-order valence-electron chi connectivity index (χ4n) is 2.68. The van der Waals surface area contributed by atoms with Crippen LogP contribution in [0.5, 0.6) is 5.75 Å². The largest absolute Gasteiger partial charge is 0.495 e. The molecule has 0 aliphatic rings. The van der Waals surface area contributed by atoms with Crippen LogP contribution < -0.4 is 15.6 Å². The Bertz CT molecular complexity index is 1060. The lowest BCUT2D eigenvalue weighted by Crippen LogP contribution is -2.33. The molecule has 0 aliphatic carbocycles. The van der Waals surface area contributed by atoms with Crippen LogP contribution in [0.25, 0.3) is 11.3 Å². The molecule has 144 valence electrons. The first-order chi connectivity index (χ1) is 13.4. The topological polar surface area (TPSA) is 73.2 Å². The minimum atomic E-state index is -0.807. The summed E-state index contributed by atoms with van der Waals surface area (Å²) in [5, 5.41) is 7.50. The molecular formula is C21H20ClN3O3. The van der Waals surface area contributed by atoms with Crippen LogP contribution in [0.1, 0.15) is 18.5 Å². The predicted molar refractivity (Wildman–Crippen MR) is 110 cm³/mol. The first kappa shape index (κ1) is 19.6. The first-order valence-corrected chi connectivity index (χ1v) is 9.08. The molecule has 3 rings (SSSR count). The monoisotopic (exact) mass is 397 g/mol. The minimum Gasteiger partial charge on any atom is -0.495 e. The average molecular weight is 398 g/mol. The standard InChI is InChI=1S/C21H20ClN3O3/c1-13-4-6-15(7-5-13)18-9-11-20(26)25(24-18)14(2)21(27)23-16-8-10-19(28-3)17(22)12-16/h4-12,14H,1-3H3,(H,23,27). The maximum atomic E-state index is 12.6. The van der Waals surface area contributed by atoms with Crippen molar-refractivity contribution in [1.29, 1.82) is 0 Å². The average Bonchev–Trinajstić information content (AvgIpc) is 2.68. The fourth-order valence-corrected chi connectivity index (χ4v) is 2.94. The number of carbonyl (C=O) groups excluding carboxylic acids is 1. The van der Waals surface area contributed by atoms with Gasteiger partial charge in [-0.3, -0.25) is 9.59 Å². The van der Waals surface area contributed by atoms with Crippen molar-refractivity contribution < 1.29 is 9.53 Å². The number of methoxy groups -OCH3 is 1. The second-order valence-corrected chi connectivity index (χ2v) is 6.79. The van der Waals surface area contributed by atoms with Crippen molar-refractivity contribution in [2.75, 3.05) is 12.4 Å². The lowest BCUT2D eigenvalue weighted by molar-refractivity contribution is -0.119. The molecule has 28 heavy (non-hydrogen) atoms. The Morgan fingerprint density at radius 3 is 2.50 bits per heavy atom. The van der Waals surface area contributed by atoms with Gasteiger partial charge in [-0.2, -0.15) is 5.10 Å². The molecule has 0 bridgehead atoms. The van der Waals surface area contributed by atoms with Gasteiger partial charge in [0.2, 0.25) is 5.91 Å². The number of amides is 1. The molecule has 0 spiro atoms. The van der Waals surface area contributed by atoms with Crippen LogP contribution in [0.2, 0.25) is 5.02 Å². The Kier molecular flexibility index (Phi) is 5.80. The third-order valence-electron chi connectivity index (χ3n) is 4.34. The van der Waals surface area contributed by atoms with Gasteiger partial charge in [0.25, 0.3) is 5.56 Å². The van der Waals surface area contributed by atoms with E-state index in [1.54, 1.807) is 31.2 Å². The van der Waals surface area contributed by atoms with Crippen molar-refractivity contribution in [3.63, 3.8) is 0 Å². The molecular weight excluding hydrogens is 378 g/mol. The van der Waals surface area contributed by atoms with E-state index in [-0.39, 0.29) is 11.5 Å². The van der Waals surface area contributed by atoms with E-state index in [0.29, 0.717) is 22.2 Å². The molecule has 3 aromatic rings. The van der Waals surface area contributed by atoms with Gasteiger partial charge in [-0.15, -0.1) is 0 Å². The molecule has 1 atom stereocenters. The smallest absolute Gasteiger partial charge is 0.267 e. The number of nitrogens with zero attached hydrogens (tertiary/aromatic N) is 2. The highest BCUT2D eigenvalue weighted by atomic mass is 35.5. The van der Waals surface area contributed by atoms with Crippen molar-refractivity contribution >= 4 is 23.2 Å². The van der Waals surface area contributed by atoms with Crippen LogP contribution >= 0.6 is 11.6 Å². The molecule has 1 unspecified atom stereocenters.